The van der Waals surface area contributed by atoms with Gasteiger partial charge in [0.25, 0.3) is 0 Å². The smallest absolute Gasteiger partial charge is 0.125 e. The number of unbranched alkanes of at least 4 members (excludes halogenated alkanes) is 6. The molecule has 0 rings (SSSR count). The van der Waals surface area contributed by atoms with Gasteiger partial charge in [-0.25, -0.2) is 0 Å². The quantitative estimate of drug-likeness (QED) is 0.334. The number of ether oxygens (including phenoxy) is 1. The molecule has 0 saturated heterocycles. The van der Waals surface area contributed by atoms with Crippen molar-refractivity contribution in [3.63, 3.8) is 0 Å². The normalized spacial score (nSPS) is 14.8. The van der Waals surface area contributed by atoms with Crippen LogP contribution in [0.15, 0.2) is 0 Å². The van der Waals surface area contributed by atoms with Crippen molar-refractivity contribution < 1.29 is 4.74 Å². The third kappa shape index (κ3) is 11.4. The van der Waals surface area contributed by atoms with Crippen LogP contribution in [0.2, 0.25) is 0 Å². The molecule has 0 N–H and O–H groups in total. The van der Waals surface area contributed by atoms with Gasteiger partial charge in [-0.1, -0.05) is 72.1 Å². The Morgan fingerprint density at radius 2 is 1.35 bits per heavy atom. The lowest BCUT2D eigenvalue weighted by Gasteiger charge is -2.22. The number of hydrogen-bond donors (Lipinski definition) is 0. The fraction of sp³-hybridized carbons (Fsp3) is 0.895. The first-order valence-corrected chi connectivity index (χ1v) is 8.45. The molecule has 1 unspecified atom stereocenters. The minimum atomic E-state index is -0.354. The Morgan fingerprint density at radius 3 is 1.80 bits per heavy atom. The average Bonchev–Trinajstić information content (AvgIpc) is 2.39. The summed E-state index contributed by atoms with van der Waals surface area (Å²) in [7, 11) is 0. The van der Waals surface area contributed by atoms with E-state index in [9.17, 15) is 0 Å². The Labute approximate surface area is 127 Å². The first kappa shape index (κ1) is 19.5. The van der Waals surface area contributed by atoms with Crippen molar-refractivity contribution in [2.45, 2.75) is 98.0 Å². The molecule has 0 heterocycles. The molecule has 20 heavy (non-hydrogen) atoms. The molecule has 0 aliphatic carbocycles. The van der Waals surface area contributed by atoms with Crippen molar-refractivity contribution in [3.8, 4) is 12.3 Å². The summed E-state index contributed by atoms with van der Waals surface area (Å²) in [6.07, 6.45) is 17.0. The van der Waals surface area contributed by atoms with Gasteiger partial charge in [0.2, 0.25) is 0 Å². The molecule has 0 spiro atoms. The minimum absolute atomic E-state index is 0.354. The second-order valence-electron chi connectivity index (χ2n) is 7.36. The molecule has 0 radical (unpaired) electrons. The Kier molecular flexibility index (Phi) is 10.0. The van der Waals surface area contributed by atoms with Crippen LogP contribution in [-0.4, -0.2) is 12.2 Å². The van der Waals surface area contributed by atoms with E-state index in [2.05, 4.69) is 33.6 Å². The van der Waals surface area contributed by atoms with Crippen LogP contribution >= 0.6 is 0 Å². The Balaban J connectivity index is 3.32. The van der Waals surface area contributed by atoms with Crippen molar-refractivity contribution in [2.24, 2.45) is 5.41 Å². The van der Waals surface area contributed by atoms with Crippen LogP contribution in [0.1, 0.15) is 92.4 Å². The average molecular weight is 280 g/mol. The standard InChI is InChI=1S/C19H36O/c1-7-19(6,8-2)20-17-15-13-11-9-10-12-14-16-18(3,4)5/h1H,8-17H2,2-6H3. The van der Waals surface area contributed by atoms with Crippen LogP contribution in [0, 0.1) is 17.8 Å². The summed E-state index contributed by atoms with van der Waals surface area (Å²) in [6, 6.07) is 0. The Bertz CT molecular complexity index is 268. The van der Waals surface area contributed by atoms with Gasteiger partial charge in [0, 0.05) is 6.61 Å². The van der Waals surface area contributed by atoms with E-state index in [0.29, 0.717) is 5.41 Å². The predicted molar refractivity (Wildman–Crippen MR) is 89.9 cm³/mol. The van der Waals surface area contributed by atoms with Crippen LogP contribution in [0.25, 0.3) is 0 Å². The van der Waals surface area contributed by atoms with E-state index < -0.39 is 0 Å². The molecule has 0 bridgehead atoms. The summed E-state index contributed by atoms with van der Waals surface area (Å²) >= 11 is 0. The van der Waals surface area contributed by atoms with Gasteiger partial charge in [0.15, 0.2) is 0 Å². The zero-order valence-electron chi connectivity index (χ0n) is 14.6. The van der Waals surface area contributed by atoms with Gasteiger partial charge in [-0.15, -0.1) is 6.42 Å². The highest BCUT2D eigenvalue weighted by Gasteiger charge is 2.18. The molecular formula is C19H36O. The molecule has 0 aliphatic heterocycles. The van der Waals surface area contributed by atoms with E-state index in [1.807, 2.05) is 6.92 Å². The Hall–Kier alpha value is -0.480. The molecule has 0 fully saturated rings. The highest BCUT2D eigenvalue weighted by Crippen LogP contribution is 2.22. The van der Waals surface area contributed by atoms with Gasteiger partial charge in [-0.2, -0.15) is 0 Å². The lowest BCUT2D eigenvalue weighted by Crippen LogP contribution is -2.25. The van der Waals surface area contributed by atoms with E-state index in [-0.39, 0.29) is 5.60 Å². The van der Waals surface area contributed by atoms with E-state index >= 15 is 0 Å². The van der Waals surface area contributed by atoms with Crippen LogP contribution in [0.5, 0.6) is 0 Å². The topological polar surface area (TPSA) is 9.23 Å². The molecule has 0 amide bonds. The number of rotatable bonds is 11. The molecule has 1 atom stereocenters. The first-order chi connectivity index (χ1) is 9.33. The zero-order chi connectivity index (χ0) is 15.5. The molecular weight excluding hydrogens is 244 g/mol. The van der Waals surface area contributed by atoms with Crippen LogP contribution in [0.3, 0.4) is 0 Å². The summed E-state index contributed by atoms with van der Waals surface area (Å²) in [5, 5.41) is 0. The van der Waals surface area contributed by atoms with Gasteiger partial charge >= 0.3 is 0 Å². The summed E-state index contributed by atoms with van der Waals surface area (Å²) in [5.41, 5.74) is 0.146. The van der Waals surface area contributed by atoms with Gasteiger partial charge in [0.05, 0.1) is 0 Å². The fourth-order valence-corrected chi connectivity index (χ4v) is 2.18. The van der Waals surface area contributed by atoms with Gasteiger partial charge in [0.1, 0.15) is 5.60 Å². The van der Waals surface area contributed by atoms with Gasteiger partial charge in [-0.3, -0.25) is 0 Å². The number of hydrogen-bond acceptors (Lipinski definition) is 1. The number of terminal acetylenes is 1. The van der Waals surface area contributed by atoms with E-state index in [4.69, 9.17) is 11.2 Å². The SMILES string of the molecule is C#CC(C)(CC)OCCCCCCCCCC(C)(C)C. The minimum Gasteiger partial charge on any atom is -0.363 e. The molecule has 118 valence electrons. The monoisotopic (exact) mass is 280 g/mol. The lowest BCUT2D eigenvalue weighted by atomic mass is 9.89. The van der Waals surface area contributed by atoms with Crippen molar-refractivity contribution in [1.29, 1.82) is 0 Å². The van der Waals surface area contributed by atoms with E-state index in [1.54, 1.807) is 0 Å². The summed E-state index contributed by atoms with van der Waals surface area (Å²) < 4.78 is 5.77. The molecule has 0 aromatic rings. The third-order valence-corrected chi connectivity index (χ3v) is 3.97. The van der Waals surface area contributed by atoms with Gasteiger partial charge < -0.3 is 4.74 Å². The van der Waals surface area contributed by atoms with Crippen molar-refractivity contribution in [1.82, 2.24) is 0 Å². The fourth-order valence-electron chi connectivity index (χ4n) is 2.18. The summed E-state index contributed by atoms with van der Waals surface area (Å²) in [4.78, 5) is 0. The van der Waals surface area contributed by atoms with Crippen LogP contribution < -0.4 is 0 Å². The maximum atomic E-state index is 5.77. The summed E-state index contributed by atoms with van der Waals surface area (Å²) in [6.45, 7) is 11.9. The first-order valence-electron chi connectivity index (χ1n) is 8.45. The maximum absolute atomic E-state index is 5.77. The molecule has 0 aromatic carbocycles. The van der Waals surface area contributed by atoms with E-state index in [1.165, 1.54) is 44.9 Å². The van der Waals surface area contributed by atoms with Crippen molar-refractivity contribution in [2.75, 3.05) is 6.61 Å². The van der Waals surface area contributed by atoms with Gasteiger partial charge in [-0.05, 0) is 31.6 Å². The van der Waals surface area contributed by atoms with E-state index in [0.717, 1.165) is 19.4 Å². The maximum Gasteiger partial charge on any atom is 0.125 e. The lowest BCUT2D eigenvalue weighted by molar-refractivity contribution is 0.00840. The highest BCUT2D eigenvalue weighted by atomic mass is 16.5. The molecule has 0 aromatic heterocycles. The largest absolute Gasteiger partial charge is 0.363 e. The Morgan fingerprint density at radius 1 is 0.850 bits per heavy atom. The second kappa shape index (κ2) is 10.3. The van der Waals surface area contributed by atoms with Crippen LogP contribution in [0.4, 0.5) is 0 Å². The van der Waals surface area contributed by atoms with Crippen LogP contribution in [-0.2, 0) is 4.74 Å². The molecule has 0 saturated carbocycles. The van der Waals surface area contributed by atoms with Crippen molar-refractivity contribution >= 4 is 0 Å². The van der Waals surface area contributed by atoms with Crippen molar-refractivity contribution in [3.05, 3.63) is 0 Å². The highest BCUT2D eigenvalue weighted by molar-refractivity contribution is 5.04. The zero-order valence-corrected chi connectivity index (χ0v) is 14.6. The summed E-state index contributed by atoms with van der Waals surface area (Å²) in [5.74, 6) is 2.74. The molecule has 0 aliphatic rings. The third-order valence-electron chi connectivity index (χ3n) is 3.97. The molecule has 1 nitrogen and oxygen atoms in total. The molecule has 1 heteroatoms. The predicted octanol–water partition coefficient (Wildman–Crippen LogP) is 5.97. The second-order valence-corrected chi connectivity index (χ2v) is 7.36.